The van der Waals surface area contributed by atoms with E-state index in [0.29, 0.717) is 5.25 Å². The van der Waals surface area contributed by atoms with E-state index in [9.17, 15) is 0 Å². The lowest BCUT2D eigenvalue weighted by atomic mass is 9.86. The quantitative estimate of drug-likeness (QED) is 0.461. The molecule has 0 nitrogen and oxygen atoms in total. The van der Waals surface area contributed by atoms with Crippen molar-refractivity contribution in [3.63, 3.8) is 0 Å². The van der Waals surface area contributed by atoms with E-state index in [1.165, 1.54) is 25.7 Å². The fourth-order valence-corrected chi connectivity index (χ4v) is 2.13. The molecule has 0 aromatic rings. The fraction of sp³-hybridized carbons (Fsp3) is 0.778. The zero-order chi connectivity index (χ0) is 7.40. The van der Waals surface area contributed by atoms with Gasteiger partial charge in [0, 0.05) is 5.25 Å². The molecule has 1 aliphatic rings. The van der Waals surface area contributed by atoms with Gasteiger partial charge in [-0.3, -0.25) is 0 Å². The highest BCUT2D eigenvalue weighted by atomic mass is 32.1. The molecule has 0 bridgehead atoms. The van der Waals surface area contributed by atoms with Crippen molar-refractivity contribution in [2.45, 2.75) is 37.4 Å². The van der Waals surface area contributed by atoms with Gasteiger partial charge in [0.25, 0.3) is 0 Å². The lowest BCUT2D eigenvalue weighted by molar-refractivity contribution is 0.375. The first-order valence-electron chi connectivity index (χ1n) is 4.13. The van der Waals surface area contributed by atoms with Gasteiger partial charge >= 0.3 is 0 Å². The van der Waals surface area contributed by atoms with E-state index < -0.39 is 0 Å². The van der Waals surface area contributed by atoms with Gasteiger partial charge in [0.1, 0.15) is 0 Å². The maximum absolute atomic E-state index is 4.54. The normalized spacial score (nSPS) is 33.7. The summed E-state index contributed by atoms with van der Waals surface area (Å²) in [6.45, 7) is 3.76. The van der Waals surface area contributed by atoms with Crippen LogP contribution in [0.25, 0.3) is 0 Å². The van der Waals surface area contributed by atoms with Crippen LogP contribution in [0.5, 0.6) is 0 Å². The van der Waals surface area contributed by atoms with Crippen LogP contribution in [0.1, 0.15) is 32.1 Å². The first-order chi connectivity index (χ1) is 4.84. The van der Waals surface area contributed by atoms with Crippen molar-refractivity contribution < 1.29 is 0 Å². The summed E-state index contributed by atoms with van der Waals surface area (Å²) < 4.78 is 0. The molecule has 1 aliphatic carbocycles. The lowest BCUT2D eigenvalue weighted by Gasteiger charge is -2.26. The molecule has 0 aromatic heterocycles. The standard InChI is InChI=1S/C9H16S/c1-2-5-8-6-3-4-7-9(8)10/h2,8-10H,1,3-7H2/t8-,9-/m1/s1. The Kier molecular flexibility index (Phi) is 3.33. The van der Waals surface area contributed by atoms with Crippen molar-refractivity contribution in [1.82, 2.24) is 0 Å². The van der Waals surface area contributed by atoms with Crippen LogP contribution in [0.2, 0.25) is 0 Å². The van der Waals surface area contributed by atoms with Crippen molar-refractivity contribution in [1.29, 1.82) is 0 Å². The van der Waals surface area contributed by atoms with Gasteiger partial charge in [-0.1, -0.05) is 18.9 Å². The molecule has 0 saturated heterocycles. The molecule has 0 aliphatic heterocycles. The maximum Gasteiger partial charge on any atom is 0.00480 e. The van der Waals surface area contributed by atoms with Crippen LogP contribution >= 0.6 is 12.6 Å². The summed E-state index contributed by atoms with van der Waals surface area (Å²) in [6.07, 6.45) is 8.63. The molecule has 1 rings (SSSR count). The highest BCUT2D eigenvalue weighted by Crippen LogP contribution is 2.30. The second-order valence-corrected chi connectivity index (χ2v) is 3.80. The summed E-state index contributed by atoms with van der Waals surface area (Å²) >= 11 is 4.54. The Balaban J connectivity index is 2.32. The molecule has 0 N–H and O–H groups in total. The van der Waals surface area contributed by atoms with Crippen molar-refractivity contribution >= 4 is 12.6 Å². The molecule has 1 heteroatoms. The average molecular weight is 156 g/mol. The van der Waals surface area contributed by atoms with Gasteiger partial charge in [0.05, 0.1) is 0 Å². The molecule has 1 saturated carbocycles. The first kappa shape index (κ1) is 8.19. The summed E-state index contributed by atoms with van der Waals surface area (Å²) in [6, 6.07) is 0. The van der Waals surface area contributed by atoms with Gasteiger partial charge in [-0.25, -0.2) is 0 Å². The molecule has 0 aromatic carbocycles. The number of hydrogen-bond acceptors (Lipinski definition) is 1. The van der Waals surface area contributed by atoms with Crippen LogP contribution in [0.4, 0.5) is 0 Å². The van der Waals surface area contributed by atoms with E-state index in [-0.39, 0.29) is 0 Å². The van der Waals surface area contributed by atoms with Gasteiger partial charge < -0.3 is 0 Å². The van der Waals surface area contributed by atoms with Crippen LogP contribution in [0.3, 0.4) is 0 Å². The van der Waals surface area contributed by atoms with Crippen molar-refractivity contribution in [3.8, 4) is 0 Å². The second-order valence-electron chi connectivity index (χ2n) is 3.14. The fourth-order valence-electron chi connectivity index (χ4n) is 1.68. The van der Waals surface area contributed by atoms with Gasteiger partial charge in [-0.2, -0.15) is 12.6 Å². The van der Waals surface area contributed by atoms with Crippen LogP contribution in [0, 0.1) is 5.92 Å². The van der Waals surface area contributed by atoms with Gasteiger partial charge in [0.15, 0.2) is 0 Å². The third kappa shape index (κ3) is 2.05. The maximum atomic E-state index is 4.54. The zero-order valence-electron chi connectivity index (χ0n) is 6.42. The first-order valence-corrected chi connectivity index (χ1v) is 4.65. The van der Waals surface area contributed by atoms with Crippen LogP contribution < -0.4 is 0 Å². The van der Waals surface area contributed by atoms with Crippen molar-refractivity contribution in [2.24, 2.45) is 5.92 Å². The van der Waals surface area contributed by atoms with Gasteiger partial charge in [-0.15, -0.1) is 6.58 Å². The third-order valence-electron chi connectivity index (χ3n) is 2.34. The van der Waals surface area contributed by atoms with Crippen LogP contribution in [-0.2, 0) is 0 Å². The highest BCUT2D eigenvalue weighted by molar-refractivity contribution is 7.81. The van der Waals surface area contributed by atoms with E-state index in [1.807, 2.05) is 6.08 Å². The minimum atomic E-state index is 0.645. The monoisotopic (exact) mass is 156 g/mol. The Morgan fingerprint density at radius 2 is 2.10 bits per heavy atom. The average Bonchev–Trinajstić information content (AvgIpc) is 1.94. The molecule has 0 unspecified atom stereocenters. The molecule has 0 radical (unpaired) electrons. The van der Waals surface area contributed by atoms with Crippen LogP contribution in [0.15, 0.2) is 12.7 Å². The Morgan fingerprint density at radius 3 is 2.70 bits per heavy atom. The summed E-state index contributed by atoms with van der Waals surface area (Å²) in [7, 11) is 0. The predicted octanol–water partition coefficient (Wildman–Crippen LogP) is 3.05. The number of hydrogen-bond donors (Lipinski definition) is 1. The van der Waals surface area contributed by atoms with E-state index in [0.717, 1.165) is 12.3 Å². The summed E-state index contributed by atoms with van der Waals surface area (Å²) in [4.78, 5) is 0. The molecule has 10 heavy (non-hydrogen) atoms. The Labute approximate surface area is 69.1 Å². The number of allylic oxidation sites excluding steroid dienone is 1. The van der Waals surface area contributed by atoms with E-state index in [4.69, 9.17) is 0 Å². The molecule has 0 amide bonds. The molecular weight excluding hydrogens is 140 g/mol. The molecule has 58 valence electrons. The topological polar surface area (TPSA) is 0 Å². The van der Waals surface area contributed by atoms with E-state index >= 15 is 0 Å². The predicted molar refractivity (Wildman–Crippen MR) is 49.5 cm³/mol. The van der Waals surface area contributed by atoms with Gasteiger partial charge in [-0.05, 0) is 25.2 Å². The number of thiol groups is 1. The second kappa shape index (κ2) is 4.07. The van der Waals surface area contributed by atoms with E-state index in [1.54, 1.807) is 0 Å². The summed E-state index contributed by atoms with van der Waals surface area (Å²) in [5.74, 6) is 0.814. The minimum Gasteiger partial charge on any atom is -0.176 e. The SMILES string of the molecule is C=CC[C@@H]1CCCC[C@H]1S. The Hall–Kier alpha value is 0.0900. The molecule has 0 heterocycles. The molecule has 2 atom stereocenters. The molecule has 0 spiro atoms. The highest BCUT2D eigenvalue weighted by Gasteiger charge is 2.19. The molecular formula is C9H16S. The summed E-state index contributed by atoms with van der Waals surface area (Å²) in [5, 5.41) is 0.645. The smallest absolute Gasteiger partial charge is 0.00480 e. The lowest BCUT2D eigenvalue weighted by Crippen LogP contribution is -2.18. The van der Waals surface area contributed by atoms with Crippen molar-refractivity contribution in [2.75, 3.05) is 0 Å². The Bertz CT molecular complexity index is 109. The number of rotatable bonds is 2. The largest absolute Gasteiger partial charge is 0.176 e. The zero-order valence-corrected chi connectivity index (χ0v) is 7.32. The third-order valence-corrected chi connectivity index (χ3v) is 3.02. The van der Waals surface area contributed by atoms with Crippen molar-refractivity contribution in [3.05, 3.63) is 12.7 Å². The minimum absolute atomic E-state index is 0.645. The summed E-state index contributed by atoms with van der Waals surface area (Å²) in [5.41, 5.74) is 0. The van der Waals surface area contributed by atoms with Crippen LogP contribution in [-0.4, -0.2) is 5.25 Å². The van der Waals surface area contributed by atoms with E-state index in [2.05, 4.69) is 19.2 Å². The Morgan fingerprint density at radius 1 is 1.40 bits per heavy atom. The van der Waals surface area contributed by atoms with Gasteiger partial charge in [0.2, 0.25) is 0 Å². The molecule has 1 fully saturated rings.